The van der Waals surface area contributed by atoms with Crippen LogP contribution in [-0.4, -0.2) is 29.9 Å². The maximum Gasteiger partial charge on any atom is 0.160 e. The molecule has 0 aliphatic rings. The molecule has 5 heterocycles. The van der Waals surface area contributed by atoms with E-state index in [1.54, 1.807) is 0 Å². The highest BCUT2D eigenvalue weighted by molar-refractivity contribution is 6.03. The molecule has 0 saturated heterocycles. The zero-order chi connectivity index (χ0) is 41.0. The number of hydrogen-bond acceptors (Lipinski definition) is 6. The van der Waals surface area contributed by atoms with Gasteiger partial charge in [-0.2, -0.15) is 0 Å². The quantitative estimate of drug-likeness (QED) is 0.156. The molecule has 12 aromatic rings. The molecule has 6 nitrogen and oxygen atoms in total. The highest BCUT2D eigenvalue weighted by Gasteiger charge is 2.14. The molecule has 0 fully saturated rings. The van der Waals surface area contributed by atoms with Crippen LogP contribution in [0.3, 0.4) is 0 Å². The van der Waals surface area contributed by atoms with E-state index in [9.17, 15) is 0 Å². The van der Waals surface area contributed by atoms with E-state index in [0.717, 1.165) is 116 Å². The first kappa shape index (κ1) is 35.5. The second-order valence-corrected chi connectivity index (χ2v) is 15.6. The first-order valence-electron chi connectivity index (χ1n) is 20.7. The summed E-state index contributed by atoms with van der Waals surface area (Å²) in [6.45, 7) is 0. The van der Waals surface area contributed by atoms with Gasteiger partial charge < -0.3 is 0 Å². The largest absolute Gasteiger partial charge is 0.254 e. The number of hydrogen-bond donors (Lipinski definition) is 0. The van der Waals surface area contributed by atoms with E-state index < -0.39 is 0 Å². The van der Waals surface area contributed by atoms with Crippen molar-refractivity contribution in [1.29, 1.82) is 0 Å². The Kier molecular flexibility index (Phi) is 8.38. The van der Waals surface area contributed by atoms with Gasteiger partial charge in [-0.15, -0.1) is 0 Å². The Labute approximate surface area is 357 Å². The van der Waals surface area contributed by atoms with Crippen molar-refractivity contribution >= 4 is 54.4 Å². The lowest BCUT2D eigenvalue weighted by Gasteiger charge is -2.10. The maximum atomic E-state index is 5.16. The van der Waals surface area contributed by atoms with Crippen LogP contribution in [0.15, 0.2) is 206 Å². The molecule has 0 aliphatic carbocycles. The van der Waals surface area contributed by atoms with Gasteiger partial charge in [-0.25, -0.2) is 24.9 Å². The van der Waals surface area contributed by atoms with Crippen molar-refractivity contribution in [3.05, 3.63) is 206 Å². The van der Waals surface area contributed by atoms with Crippen LogP contribution in [0.1, 0.15) is 0 Å². The smallest absolute Gasteiger partial charge is 0.160 e. The molecular formula is C56H34N6. The fraction of sp³-hybridized carbons (Fsp3) is 0. The average Bonchev–Trinajstić information content (AvgIpc) is 3.35. The molecule has 0 aliphatic heterocycles. The lowest BCUT2D eigenvalue weighted by Crippen LogP contribution is -1.97. The Balaban J connectivity index is 0.837. The molecule has 0 amide bonds. The first-order chi connectivity index (χ1) is 30.6. The van der Waals surface area contributed by atoms with E-state index in [-0.39, 0.29) is 0 Å². The van der Waals surface area contributed by atoms with Gasteiger partial charge in [0.05, 0.1) is 50.5 Å². The lowest BCUT2D eigenvalue weighted by molar-refractivity contribution is 1.17. The number of rotatable bonds is 6. The Morgan fingerprint density at radius 1 is 0.242 bits per heavy atom. The molecule has 5 aromatic heterocycles. The second kappa shape index (κ2) is 14.7. The third-order valence-corrected chi connectivity index (χ3v) is 11.7. The minimum atomic E-state index is 0.669. The van der Waals surface area contributed by atoms with Crippen molar-refractivity contribution in [2.45, 2.75) is 0 Å². The van der Waals surface area contributed by atoms with Crippen molar-refractivity contribution in [3.63, 3.8) is 0 Å². The molecule has 288 valence electrons. The normalized spacial score (nSPS) is 11.5. The maximum absolute atomic E-state index is 5.16. The van der Waals surface area contributed by atoms with Gasteiger partial charge in [0, 0.05) is 50.0 Å². The van der Waals surface area contributed by atoms with Crippen LogP contribution in [0.25, 0.3) is 122 Å². The molecule has 0 bridgehead atoms. The van der Waals surface area contributed by atoms with E-state index in [1.165, 1.54) is 0 Å². The topological polar surface area (TPSA) is 77.3 Å². The molecule has 0 atom stereocenters. The fourth-order valence-corrected chi connectivity index (χ4v) is 8.41. The average molecular weight is 791 g/mol. The number of fused-ring (bicyclic) bond motifs is 6. The summed E-state index contributed by atoms with van der Waals surface area (Å²) in [6, 6.07) is 69.3. The Hall–Kier alpha value is -8.48. The molecule has 0 unspecified atom stereocenters. The predicted molar refractivity (Wildman–Crippen MR) is 253 cm³/mol. The summed E-state index contributed by atoms with van der Waals surface area (Å²) in [5.41, 5.74) is 14.3. The van der Waals surface area contributed by atoms with Gasteiger partial charge in [0.25, 0.3) is 0 Å². The summed E-state index contributed by atoms with van der Waals surface area (Å²) in [7, 11) is 0. The van der Waals surface area contributed by atoms with Gasteiger partial charge in [-0.05, 0) is 82.6 Å². The summed E-state index contributed by atoms with van der Waals surface area (Å²) in [5, 5.41) is 6.61. The summed E-state index contributed by atoms with van der Waals surface area (Å²) in [5.74, 6) is 0.669. The van der Waals surface area contributed by atoms with Crippen molar-refractivity contribution < 1.29 is 0 Å². The number of benzene rings is 7. The van der Waals surface area contributed by atoms with Crippen LogP contribution in [0.5, 0.6) is 0 Å². The highest BCUT2D eigenvalue weighted by atomic mass is 14.9. The third kappa shape index (κ3) is 6.47. The molecule has 0 N–H and O–H groups in total. The Bertz CT molecular complexity index is 3640. The van der Waals surface area contributed by atoms with Crippen molar-refractivity contribution in [2.24, 2.45) is 0 Å². The minimum absolute atomic E-state index is 0.669. The Morgan fingerprint density at radius 3 is 1.58 bits per heavy atom. The molecule has 0 saturated carbocycles. The second-order valence-electron chi connectivity index (χ2n) is 15.6. The predicted octanol–water partition coefficient (Wildman–Crippen LogP) is 13.8. The molecule has 62 heavy (non-hydrogen) atoms. The van der Waals surface area contributed by atoms with Gasteiger partial charge in [-0.3, -0.25) is 4.98 Å². The zero-order valence-electron chi connectivity index (χ0n) is 33.3. The van der Waals surface area contributed by atoms with Crippen LogP contribution in [0.2, 0.25) is 0 Å². The van der Waals surface area contributed by atoms with E-state index >= 15 is 0 Å². The van der Waals surface area contributed by atoms with Gasteiger partial charge >= 0.3 is 0 Å². The number of aromatic nitrogens is 6. The van der Waals surface area contributed by atoms with Crippen molar-refractivity contribution in [3.8, 4) is 67.7 Å². The lowest BCUT2D eigenvalue weighted by atomic mass is 9.99. The minimum Gasteiger partial charge on any atom is -0.254 e. The van der Waals surface area contributed by atoms with E-state index in [4.69, 9.17) is 24.9 Å². The number of pyridine rings is 4. The number of nitrogens with zero attached hydrogens (tertiary/aromatic N) is 6. The SMILES string of the molecule is c1ccc(-c2cc(-c3ccc4ccc(-c5ccc6nc(-c7ccc8cc(-c9ccc%10ccc%11cccnc%11c%10n9)ccc8c7)ccc6c5)cc4n3)nc(-c3ccccc3)n2)cc1. The first-order valence-corrected chi connectivity index (χ1v) is 20.7. The van der Waals surface area contributed by atoms with Crippen LogP contribution < -0.4 is 0 Å². The summed E-state index contributed by atoms with van der Waals surface area (Å²) in [6.07, 6.45) is 1.83. The van der Waals surface area contributed by atoms with Crippen LogP contribution in [0, 0.1) is 0 Å². The van der Waals surface area contributed by atoms with Crippen LogP contribution in [0.4, 0.5) is 0 Å². The van der Waals surface area contributed by atoms with E-state index in [1.807, 2.05) is 72.9 Å². The third-order valence-electron chi connectivity index (χ3n) is 11.7. The molecule has 0 spiro atoms. The van der Waals surface area contributed by atoms with Gasteiger partial charge in [-0.1, -0.05) is 140 Å². The molecule has 0 radical (unpaired) electrons. The van der Waals surface area contributed by atoms with Crippen LogP contribution >= 0.6 is 0 Å². The zero-order valence-corrected chi connectivity index (χ0v) is 33.3. The van der Waals surface area contributed by atoms with Gasteiger partial charge in [0.2, 0.25) is 0 Å². The molecule has 12 rings (SSSR count). The summed E-state index contributed by atoms with van der Waals surface area (Å²) in [4.78, 5) is 30.0. The molecular weight excluding hydrogens is 757 g/mol. The van der Waals surface area contributed by atoms with Crippen LogP contribution in [-0.2, 0) is 0 Å². The monoisotopic (exact) mass is 790 g/mol. The standard InChI is InChI=1S/C56H34N6/c1-3-8-35(9-4-1)52-34-53(62-56(61-52)39-10-5-2-6-11-39)50-28-21-36-13-16-43(33-51(36)59-50)42-23-26-47-46(32-42)24-27-48(58-47)44-19-17-41-31-45(20-18-40(41)30-44)49-25-22-38-15-14-37-12-7-29-57-54(37)55(38)60-49/h1-34H. The fourth-order valence-electron chi connectivity index (χ4n) is 8.41. The molecule has 6 heteroatoms. The Morgan fingerprint density at radius 2 is 0.790 bits per heavy atom. The van der Waals surface area contributed by atoms with Crippen molar-refractivity contribution in [1.82, 2.24) is 29.9 Å². The van der Waals surface area contributed by atoms with Gasteiger partial charge in [0.1, 0.15) is 0 Å². The van der Waals surface area contributed by atoms with E-state index in [0.29, 0.717) is 5.82 Å². The highest BCUT2D eigenvalue weighted by Crippen LogP contribution is 2.33. The summed E-state index contributed by atoms with van der Waals surface area (Å²) < 4.78 is 0. The summed E-state index contributed by atoms with van der Waals surface area (Å²) >= 11 is 0. The molecule has 7 aromatic carbocycles. The van der Waals surface area contributed by atoms with Gasteiger partial charge in [0.15, 0.2) is 5.82 Å². The van der Waals surface area contributed by atoms with E-state index in [2.05, 4.69) is 138 Å². The van der Waals surface area contributed by atoms with Crippen molar-refractivity contribution in [2.75, 3.05) is 0 Å².